The molecule has 0 saturated carbocycles. The Hall–Kier alpha value is -2.67. The van der Waals surface area contributed by atoms with Crippen LogP contribution in [-0.2, 0) is 0 Å². The summed E-state index contributed by atoms with van der Waals surface area (Å²) in [7, 11) is 1.62. The van der Waals surface area contributed by atoms with Gasteiger partial charge in [0.2, 0.25) is 11.7 Å². The van der Waals surface area contributed by atoms with Crippen LogP contribution in [-0.4, -0.2) is 41.1 Å². The summed E-state index contributed by atoms with van der Waals surface area (Å²) in [6.07, 6.45) is 1.83. The van der Waals surface area contributed by atoms with Crippen molar-refractivity contribution in [3.8, 4) is 17.1 Å². The Bertz CT molecular complexity index is 971. The number of likely N-dealkylation sites (tertiary alicyclic amines) is 1. The minimum Gasteiger partial charge on any atom is -0.497 e. The van der Waals surface area contributed by atoms with Crippen LogP contribution in [0.25, 0.3) is 11.4 Å². The van der Waals surface area contributed by atoms with E-state index in [4.69, 9.17) is 9.26 Å². The lowest BCUT2D eigenvalue weighted by molar-refractivity contribution is 0.0695. The van der Waals surface area contributed by atoms with Crippen LogP contribution in [0.3, 0.4) is 0 Å². The van der Waals surface area contributed by atoms with Gasteiger partial charge in [-0.15, -0.1) is 0 Å². The van der Waals surface area contributed by atoms with Gasteiger partial charge in [-0.1, -0.05) is 33.2 Å². The number of carbonyl (C=O) groups excluding carboxylic acids is 1. The maximum Gasteiger partial charge on any atom is 0.253 e. The first-order valence-electron chi connectivity index (χ1n) is 9.17. The Kier molecular flexibility index (Phi) is 5.43. The van der Waals surface area contributed by atoms with Gasteiger partial charge >= 0.3 is 0 Å². The van der Waals surface area contributed by atoms with Crippen LogP contribution in [0.15, 0.2) is 57.5 Å². The highest BCUT2D eigenvalue weighted by molar-refractivity contribution is 9.10. The molecule has 144 valence electrons. The Labute approximate surface area is 171 Å². The number of hydrogen-bond acceptors (Lipinski definition) is 5. The molecule has 0 spiro atoms. The van der Waals surface area contributed by atoms with Crippen LogP contribution in [0.2, 0.25) is 0 Å². The van der Waals surface area contributed by atoms with Crippen molar-refractivity contribution in [1.29, 1.82) is 0 Å². The van der Waals surface area contributed by atoms with E-state index in [2.05, 4.69) is 26.1 Å². The van der Waals surface area contributed by atoms with Crippen molar-refractivity contribution >= 4 is 21.8 Å². The molecule has 0 unspecified atom stereocenters. The number of halogens is 1. The van der Waals surface area contributed by atoms with E-state index in [9.17, 15) is 4.79 Å². The molecule has 1 atom stereocenters. The van der Waals surface area contributed by atoms with E-state index < -0.39 is 0 Å². The van der Waals surface area contributed by atoms with Gasteiger partial charge in [-0.2, -0.15) is 4.98 Å². The van der Waals surface area contributed by atoms with E-state index in [0.717, 1.165) is 35.2 Å². The average Bonchev–Trinajstić information content (AvgIpc) is 3.24. The van der Waals surface area contributed by atoms with Crippen molar-refractivity contribution in [1.82, 2.24) is 15.0 Å². The molecule has 1 saturated heterocycles. The molecule has 1 aliphatic heterocycles. The number of hydrogen-bond donors (Lipinski definition) is 0. The fourth-order valence-electron chi connectivity index (χ4n) is 3.42. The van der Waals surface area contributed by atoms with E-state index in [0.29, 0.717) is 23.8 Å². The maximum atomic E-state index is 12.8. The van der Waals surface area contributed by atoms with Gasteiger partial charge in [0.1, 0.15) is 5.75 Å². The summed E-state index contributed by atoms with van der Waals surface area (Å²) >= 11 is 3.40. The Morgan fingerprint density at radius 1 is 1.25 bits per heavy atom. The van der Waals surface area contributed by atoms with Gasteiger partial charge in [-0.05, 0) is 49.2 Å². The number of piperidine rings is 1. The predicted molar refractivity (Wildman–Crippen MR) is 108 cm³/mol. The molecule has 1 aromatic heterocycles. The van der Waals surface area contributed by atoms with Crippen LogP contribution in [0.1, 0.15) is 35.0 Å². The van der Waals surface area contributed by atoms with Gasteiger partial charge in [0.25, 0.3) is 5.91 Å². The molecule has 1 amide bonds. The van der Waals surface area contributed by atoms with Gasteiger partial charge in [-0.3, -0.25) is 4.79 Å². The Balaban J connectivity index is 1.49. The molecule has 0 aliphatic carbocycles. The zero-order chi connectivity index (χ0) is 19.5. The monoisotopic (exact) mass is 441 g/mol. The van der Waals surface area contributed by atoms with E-state index in [-0.39, 0.29) is 11.8 Å². The minimum absolute atomic E-state index is 0.0322. The van der Waals surface area contributed by atoms with Crippen molar-refractivity contribution in [3.63, 3.8) is 0 Å². The number of amides is 1. The van der Waals surface area contributed by atoms with Crippen molar-refractivity contribution in [2.75, 3.05) is 20.2 Å². The summed E-state index contributed by atoms with van der Waals surface area (Å²) in [4.78, 5) is 19.3. The lowest BCUT2D eigenvalue weighted by Crippen LogP contribution is -2.39. The summed E-state index contributed by atoms with van der Waals surface area (Å²) in [6.45, 7) is 1.32. The second-order valence-corrected chi connectivity index (χ2v) is 7.70. The zero-order valence-corrected chi connectivity index (χ0v) is 17.1. The summed E-state index contributed by atoms with van der Waals surface area (Å²) in [5, 5.41) is 4.12. The number of nitrogens with zero attached hydrogens (tertiary/aromatic N) is 3. The molecule has 0 bridgehead atoms. The van der Waals surface area contributed by atoms with Crippen molar-refractivity contribution in [2.45, 2.75) is 18.8 Å². The number of rotatable bonds is 4. The van der Waals surface area contributed by atoms with Crippen LogP contribution in [0, 0.1) is 0 Å². The third kappa shape index (κ3) is 3.94. The standard InChI is InChI=1S/C21H20BrN3O3/c1-27-18-6-2-4-15(12-18)19-23-20(28-24-19)16-5-3-11-25(13-16)21(26)14-7-9-17(22)10-8-14/h2,4,6-10,12,16H,3,5,11,13H2,1H3/t16-/m0/s1. The molecular formula is C21H20BrN3O3. The number of carbonyl (C=O) groups is 1. The van der Waals surface area contributed by atoms with Gasteiger partial charge in [0.05, 0.1) is 13.0 Å². The first-order valence-corrected chi connectivity index (χ1v) is 9.96. The largest absolute Gasteiger partial charge is 0.497 e. The number of benzene rings is 2. The van der Waals surface area contributed by atoms with E-state index in [1.807, 2.05) is 53.4 Å². The third-order valence-electron chi connectivity index (χ3n) is 4.92. The van der Waals surface area contributed by atoms with Crippen molar-refractivity contribution in [2.24, 2.45) is 0 Å². The molecule has 1 aliphatic rings. The second-order valence-electron chi connectivity index (χ2n) is 6.79. The lowest BCUT2D eigenvalue weighted by atomic mass is 9.97. The fourth-order valence-corrected chi connectivity index (χ4v) is 3.68. The van der Waals surface area contributed by atoms with Gasteiger partial charge in [0.15, 0.2) is 0 Å². The molecule has 6 nitrogen and oxygen atoms in total. The van der Waals surface area contributed by atoms with Gasteiger partial charge in [-0.25, -0.2) is 0 Å². The number of aromatic nitrogens is 2. The van der Waals surface area contributed by atoms with Crippen molar-refractivity contribution in [3.05, 3.63) is 64.5 Å². The van der Waals surface area contributed by atoms with Gasteiger partial charge < -0.3 is 14.2 Å². The first-order chi connectivity index (χ1) is 13.6. The Morgan fingerprint density at radius 2 is 2.07 bits per heavy atom. The Morgan fingerprint density at radius 3 is 2.86 bits per heavy atom. The number of ether oxygens (including phenoxy) is 1. The van der Waals surface area contributed by atoms with E-state index >= 15 is 0 Å². The second kappa shape index (κ2) is 8.14. The average molecular weight is 442 g/mol. The molecule has 1 fully saturated rings. The fraction of sp³-hybridized carbons (Fsp3) is 0.286. The highest BCUT2D eigenvalue weighted by atomic mass is 79.9. The predicted octanol–water partition coefficient (Wildman–Crippen LogP) is 4.53. The molecule has 28 heavy (non-hydrogen) atoms. The minimum atomic E-state index is 0.0322. The molecular weight excluding hydrogens is 422 g/mol. The topological polar surface area (TPSA) is 68.5 Å². The summed E-state index contributed by atoms with van der Waals surface area (Å²) in [5.41, 5.74) is 1.53. The van der Waals surface area contributed by atoms with Crippen LogP contribution in [0.4, 0.5) is 0 Å². The molecule has 2 aromatic carbocycles. The lowest BCUT2D eigenvalue weighted by Gasteiger charge is -2.31. The highest BCUT2D eigenvalue weighted by Crippen LogP contribution is 2.29. The SMILES string of the molecule is COc1cccc(-c2noc([C@H]3CCCN(C(=O)c4ccc(Br)cc4)C3)n2)c1. The normalized spacial score (nSPS) is 16.8. The quantitative estimate of drug-likeness (QED) is 0.594. The molecule has 3 aromatic rings. The third-order valence-corrected chi connectivity index (χ3v) is 5.45. The zero-order valence-electron chi connectivity index (χ0n) is 15.5. The van der Waals surface area contributed by atoms with Crippen LogP contribution in [0.5, 0.6) is 5.75 Å². The molecule has 2 heterocycles. The van der Waals surface area contributed by atoms with E-state index in [1.54, 1.807) is 7.11 Å². The highest BCUT2D eigenvalue weighted by Gasteiger charge is 2.29. The molecule has 7 heteroatoms. The smallest absolute Gasteiger partial charge is 0.253 e. The van der Waals surface area contributed by atoms with Crippen molar-refractivity contribution < 1.29 is 14.1 Å². The van der Waals surface area contributed by atoms with E-state index in [1.165, 1.54) is 0 Å². The van der Waals surface area contributed by atoms with Crippen LogP contribution >= 0.6 is 15.9 Å². The summed E-state index contributed by atoms with van der Waals surface area (Å²) in [5.74, 6) is 1.92. The molecule has 4 rings (SSSR count). The molecule has 0 N–H and O–H groups in total. The molecule has 0 radical (unpaired) electrons. The maximum absolute atomic E-state index is 12.8. The van der Waals surface area contributed by atoms with Gasteiger partial charge in [0, 0.05) is 28.7 Å². The number of methoxy groups -OCH3 is 1. The summed E-state index contributed by atoms with van der Waals surface area (Å²) in [6, 6.07) is 15.0. The van der Waals surface area contributed by atoms with Crippen LogP contribution < -0.4 is 4.74 Å². The first kappa shape index (κ1) is 18.7. The summed E-state index contributed by atoms with van der Waals surface area (Å²) < 4.78 is 11.7.